The summed E-state index contributed by atoms with van der Waals surface area (Å²) in [6.07, 6.45) is 9.71. The van der Waals surface area contributed by atoms with Gasteiger partial charge in [-0.25, -0.2) is 28.1 Å². The topological polar surface area (TPSA) is 82.6 Å². The average molecular weight is 458 g/mol. The number of alkyl halides is 2. The number of anilines is 1. The number of nitrogens with zero attached hydrogens (tertiary/aromatic N) is 6. The summed E-state index contributed by atoms with van der Waals surface area (Å²) < 4.78 is 32.2. The molecule has 0 unspecified atom stereocenters. The Morgan fingerprint density at radius 3 is 2.52 bits per heavy atom. The van der Waals surface area contributed by atoms with Gasteiger partial charge in [-0.15, -0.1) is 0 Å². The monoisotopic (exact) mass is 457 g/mol. The Balaban J connectivity index is 1.37. The highest BCUT2D eigenvalue weighted by molar-refractivity contribution is 5.41. The van der Waals surface area contributed by atoms with Gasteiger partial charge in [0.1, 0.15) is 5.82 Å². The van der Waals surface area contributed by atoms with Gasteiger partial charge in [0.25, 0.3) is 0 Å². The van der Waals surface area contributed by atoms with Gasteiger partial charge in [-0.05, 0) is 31.6 Å². The van der Waals surface area contributed by atoms with Gasteiger partial charge in [0.2, 0.25) is 11.9 Å². The molecule has 3 aromatic heterocycles. The zero-order valence-electron chi connectivity index (χ0n) is 19.1. The highest BCUT2D eigenvalue weighted by Gasteiger charge is 2.47. The maximum atomic E-state index is 13.5. The number of hydrogen-bond acceptors (Lipinski definition) is 5. The zero-order valence-corrected chi connectivity index (χ0v) is 19.1. The zero-order chi connectivity index (χ0) is 23.4. The second-order valence-corrected chi connectivity index (χ2v) is 9.68. The number of halogens is 2. The molecule has 0 aromatic carbocycles. The molecule has 5 rings (SSSR count). The van der Waals surface area contributed by atoms with Crippen molar-refractivity contribution in [1.82, 2.24) is 28.7 Å². The van der Waals surface area contributed by atoms with Gasteiger partial charge in [0, 0.05) is 56.3 Å². The molecule has 3 heterocycles. The summed E-state index contributed by atoms with van der Waals surface area (Å²) in [5.41, 5.74) is 1.23. The molecule has 0 spiro atoms. The standard InChI is InChI=1S/C23H29F2N7O/c1-15(2)17-12-30(3)21(33)32(17)19-6-11-26-20(28-19)29-22(9-10-22)18-13-31(14-27-18)16-4-7-23(24,25)8-5-16/h6,11-16H,4-5,7-10H2,1-3H3,(H,26,28,29). The Morgan fingerprint density at radius 1 is 1.12 bits per heavy atom. The summed E-state index contributed by atoms with van der Waals surface area (Å²) in [7, 11) is 1.73. The van der Waals surface area contributed by atoms with Crippen molar-refractivity contribution in [3.05, 3.63) is 52.9 Å². The SMILES string of the molecule is CC(C)c1cn(C)c(=O)n1-c1ccnc(NC2(c3cn(C4CCC(F)(F)CC4)cn3)CC2)n1. The maximum absolute atomic E-state index is 13.5. The first kappa shape index (κ1) is 21.8. The average Bonchev–Trinajstić information content (AvgIpc) is 3.24. The van der Waals surface area contributed by atoms with E-state index < -0.39 is 5.92 Å². The second kappa shape index (κ2) is 7.78. The van der Waals surface area contributed by atoms with E-state index in [4.69, 9.17) is 0 Å². The van der Waals surface area contributed by atoms with E-state index in [0.29, 0.717) is 24.6 Å². The van der Waals surface area contributed by atoms with Crippen LogP contribution in [0.4, 0.5) is 14.7 Å². The van der Waals surface area contributed by atoms with Crippen molar-refractivity contribution in [1.29, 1.82) is 0 Å². The highest BCUT2D eigenvalue weighted by atomic mass is 19.3. The number of aromatic nitrogens is 6. The number of nitrogens with one attached hydrogen (secondary N) is 1. The predicted octanol–water partition coefficient (Wildman–Crippen LogP) is 4.14. The van der Waals surface area contributed by atoms with Crippen molar-refractivity contribution in [3.8, 4) is 5.82 Å². The summed E-state index contributed by atoms with van der Waals surface area (Å²) >= 11 is 0. The van der Waals surface area contributed by atoms with E-state index in [1.54, 1.807) is 34.8 Å². The van der Waals surface area contributed by atoms with Crippen molar-refractivity contribution in [2.24, 2.45) is 7.05 Å². The fraction of sp³-hybridized carbons (Fsp3) is 0.565. The smallest absolute Gasteiger partial charge is 0.333 e. The van der Waals surface area contributed by atoms with Crippen LogP contribution in [0.1, 0.15) is 75.7 Å². The van der Waals surface area contributed by atoms with Crippen LogP contribution in [0.15, 0.2) is 35.8 Å². The van der Waals surface area contributed by atoms with Gasteiger partial charge in [-0.3, -0.25) is 0 Å². The lowest BCUT2D eigenvalue weighted by molar-refractivity contribution is -0.0439. The van der Waals surface area contributed by atoms with Gasteiger partial charge in [-0.2, -0.15) is 4.98 Å². The van der Waals surface area contributed by atoms with Crippen molar-refractivity contribution in [2.75, 3.05) is 5.32 Å². The molecule has 33 heavy (non-hydrogen) atoms. The molecule has 0 aliphatic heterocycles. The Kier molecular flexibility index (Phi) is 5.13. The lowest BCUT2D eigenvalue weighted by Crippen LogP contribution is -2.26. The molecular formula is C23H29F2N7O. The highest BCUT2D eigenvalue weighted by Crippen LogP contribution is 2.47. The summed E-state index contributed by atoms with van der Waals surface area (Å²) in [6, 6.07) is 1.78. The van der Waals surface area contributed by atoms with E-state index >= 15 is 0 Å². The van der Waals surface area contributed by atoms with Gasteiger partial charge < -0.3 is 14.5 Å². The fourth-order valence-electron chi connectivity index (χ4n) is 4.64. The lowest BCUT2D eigenvalue weighted by atomic mass is 9.92. The van der Waals surface area contributed by atoms with Crippen LogP contribution in [-0.4, -0.2) is 34.6 Å². The molecule has 2 aliphatic rings. The molecule has 0 bridgehead atoms. The maximum Gasteiger partial charge on any atom is 0.333 e. The Morgan fingerprint density at radius 2 is 1.85 bits per heavy atom. The van der Waals surface area contributed by atoms with Crippen LogP contribution in [-0.2, 0) is 12.6 Å². The molecule has 2 saturated carbocycles. The van der Waals surface area contributed by atoms with Gasteiger partial charge in [0.05, 0.1) is 17.6 Å². The third kappa shape index (κ3) is 4.06. The third-order valence-corrected chi connectivity index (χ3v) is 6.84. The van der Waals surface area contributed by atoms with E-state index in [-0.39, 0.29) is 36.0 Å². The van der Waals surface area contributed by atoms with Gasteiger partial charge >= 0.3 is 5.69 Å². The molecule has 2 aliphatic carbocycles. The molecule has 10 heteroatoms. The van der Waals surface area contributed by atoms with E-state index in [2.05, 4.69) is 20.3 Å². The predicted molar refractivity (Wildman–Crippen MR) is 120 cm³/mol. The molecule has 2 fully saturated rings. The van der Waals surface area contributed by atoms with Crippen LogP contribution in [0, 0.1) is 0 Å². The van der Waals surface area contributed by atoms with Gasteiger partial charge in [0.15, 0.2) is 0 Å². The van der Waals surface area contributed by atoms with Crippen molar-refractivity contribution >= 4 is 5.95 Å². The van der Waals surface area contributed by atoms with Crippen molar-refractivity contribution in [2.45, 2.75) is 75.8 Å². The summed E-state index contributed by atoms with van der Waals surface area (Å²) in [5.74, 6) is -1.44. The normalized spacial score (nSPS) is 19.7. The van der Waals surface area contributed by atoms with Gasteiger partial charge in [-0.1, -0.05) is 13.8 Å². The number of aryl methyl sites for hydroxylation is 1. The van der Waals surface area contributed by atoms with Crippen LogP contribution < -0.4 is 11.0 Å². The molecule has 0 amide bonds. The molecule has 176 valence electrons. The molecular weight excluding hydrogens is 428 g/mol. The van der Waals surface area contributed by atoms with Crippen LogP contribution in [0.5, 0.6) is 0 Å². The molecule has 0 saturated heterocycles. The summed E-state index contributed by atoms with van der Waals surface area (Å²) in [4.78, 5) is 26.3. The van der Waals surface area contributed by atoms with E-state index in [9.17, 15) is 13.6 Å². The Hall–Kier alpha value is -3.04. The first-order valence-electron chi connectivity index (χ1n) is 11.5. The minimum absolute atomic E-state index is 0.0562. The Bertz CT molecular complexity index is 1210. The van der Waals surface area contributed by atoms with E-state index in [1.165, 1.54) is 0 Å². The van der Waals surface area contributed by atoms with Crippen LogP contribution >= 0.6 is 0 Å². The lowest BCUT2D eigenvalue weighted by Gasteiger charge is -2.28. The number of imidazole rings is 2. The fourth-order valence-corrected chi connectivity index (χ4v) is 4.64. The van der Waals surface area contributed by atoms with E-state index in [1.807, 2.05) is 30.8 Å². The van der Waals surface area contributed by atoms with Crippen molar-refractivity contribution in [3.63, 3.8) is 0 Å². The van der Waals surface area contributed by atoms with Crippen LogP contribution in [0.3, 0.4) is 0 Å². The number of hydrogen-bond donors (Lipinski definition) is 1. The second-order valence-electron chi connectivity index (χ2n) is 9.68. The minimum Gasteiger partial charge on any atom is -0.343 e. The molecule has 1 N–H and O–H groups in total. The molecule has 0 atom stereocenters. The van der Waals surface area contributed by atoms with Crippen molar-refractivity contribution < 1.29 is 8.78 Å². The largest absolute Gasteiger partial charge is 0.343 e. The molecule has 3 aromatic rings. The quantitative estimate of drug-likeness (QED) is 0.602. The summed E-state index contributed by atoms with van der Waals surface area (Å²) in [6.45, 7) is 4.07. The first-order chi connectivity index (χ1) is 15.7. The molecule has 0 radical (unpaired) electrons. The first-order valence-corrected chi connectivity index (χ1v) is 11.5. The van der Waals surface area contributed by atoms with Crippen LogP contribution in [0.2, 0.25) is 0 Å². The van der Waals surface area contributed by atoms with E-state index in [0.717, 1.165) is 24.2 Å². The third-order valence-electron chi connectivity index (χ3n) is 6.84. The minimum atomic E-state index is -2.54. The Labute approximate surface area is 190 Å². The number of rotatable bonds is 6. The summed E-state index contributed by atoms with van der Waals surface area (Å²) in [5, 5.41) is 3.42. The van der Waals surface area contributed by atoms with Crippen LogP contribution in [0.25, 0.3) is 5.82 Å². The molecule has 8 nitrogen and oxygen atoms in total.